The van der Waals surface area contributed by atoms with Gasteiger partial charge >= 0.3 is 5.63 Å². The molecule has 4 nitrogen and oxygen atoms in total. The number of nitrogens with one attached hydrogen (secondary N) is 1. The quantitative estimate of drug-likeness (QED) is 0.711. The second kappa shape index (κ2) is 3.46. The van der Waals surface area contributed by atoms with Gasteiger partial charge in [0.1, 0.15) is 17.2 Å². The van der Waals surface area contributed by atoms with Crippen molar-refractivity contribution in [2.75, 3.05) is 12.4 Å². The van der Waals surface area contributed by atoms with E-state index in [1.807, 2.05) is 6.07 Å². The average molecular weight is 200 g/mol. The van der Waals surface area contributed by atoms with Crippen LogP contribution in [0.1, 0.15) is 5.56 Å². The minimum absolute atomic E-state index is 0.0275. The maximum absolute atomic E-state index is 11.3. The first-order valence-corrected chi connectivity index (χ1v) is 4.40. The van der Waals surface area contributed by atoms with Gasteiger partial charge in [-0.1, -0.05) is 0 Å². The fourth-order valence-corrected chi connectivity index (χ4v) is 1.34. The van der Waals surface area contributed by atoms with Crippen molar-refractivity contribution in [2.24, 2.45) is 0 Å². The first-order chi connectivity index (χ1) is 7.24. The highest BCUT2D eigenvalue weighted by Gasteiger charge is 2.04. The number of hydrogen-bond donors (Lipinski definition) is 1. The van der Waals surface area contributed by atoms with Crippen LogP contribution >= 0.6 is 0 Å². The van der Waals surface area contributed by atoms with Crippen molar-refractivity contribution in [3.8, 4) is 6.07 Å². The van der Waals surface area contributed by atoms with Gasteiger partial charge in [-0.25, -0.2) is 4.79 Å². The monoisotopic (exact) mass is 200 g/mol. The van der Waals surface area contributed by atoms with Crippen molar-refractivity contribution in [3.63, 3.8) is 0 Å². The zero-order chi connectivity index (χ0) is 10.8. The predicted molar refractivity (Wildman–Crippen MR) is 56.7 cm³/mol. The molecule has 1 aromatic heterocycles. The number of nitriles is 1. The summed E-state index contributed by atoms with van der Waals surface area (Å²) in [6.45, 7) is 0. The second-order valence-electron chi connectivity index (χ2n) is 3.06. The Morgan fingerprint density at radius 2 is 2.20 bits per heavy atom. The van der Waals surface area contributed by atoms with E-state index in [1.165, 1.54) is 6.07 Å². The number of fused-ring (bicyclic) bond motifs is 1. The van der Waals surface area contributed by atoms with Gasteiger partial charge < -0.3 is 9.73 Å². The molecule has 2 rings (SSSR count). The molecule has 0 aliphatic heterocycles. The van der Waals surface area contributed by atoms with Crippen LogP contribution < -0.4 is 10.9 Å². The van der Waals surface area contributed by atoms with Gasteiger partial charge in [-0.2, -0.15) is 5.26 Å². The zero-order valence-corrected chi connectivity index (χ0v) is 8.07. The van der Waals surface area contributed by atoms with Gasteiger partial charge in [0.2, 0.25) is 0 Å². The van der Waals surface area contributed by atoms with Crippen LogP contribution in [0.2, 0.25) is 0 Å². The third-order valence-corrected chi connectivity index (χ3v) is 2.15. The lowest BCUT2D eigenvalue weighted by Gasteiger charge is -2.01. The third kappa shape index (κ3) is 1.55. The first-order valence-electron chi connectivity index (χ1n) is 4.40. The Bertz CT molecular complexity index is 608. The number of benzene rings is 1. The van der Waals surface area contributed by atoms with Crippen molar-refractivity contribution >= 4 is 16.7 Å². The third-order valence-electron chi connectivity index (χ3n) is 2.15. The first kappa shape index (κ1) is 9.28. The van der Waals surface area contributed by atoms with Gasteiger partial charge in [-0.3, -0.25) is 0 Å². The number of anilines is 1. The summed E-state index contributed by atoms with van der Waals surface area (Å²) < 4.78 is 5.01. The Balaban J connectivity index is 2.77. The molecule has 0 saturated heterocycles. The number of rotatable bonds is 1. The Labute approximate surface area is 85.8 Å². The van der Waals surface area contributed by atoms with Crippen LogP contribution in [-0.4, -0.2) is 7.05 Å². The van der Waals surface area contributed by atoms with Crippen LogP contribution in [0, 0.1) is 11.3 Å². The van der Waals surface area contributed by atoms with Gasteiger partial charge in [-0.05, 0) is 18.2 Å². The molecule has 15 heavy (non-hydrogen) atoms. The van der Waals surface area contributed by atoms with E-state index >= 15 is 0 Å². The van der Waals surface area contributed by atoms with Gasteiger partial charge in [-0.15, -0.1) is 0 Å². The maximum Gasteiger partial charge on any atom is 0.354 e. The molecule has 0 aliphatic carbocycles. The summed E-state index contributed by atoms with van der Waals surface area (Å²) in [7, 11) is 1.78. The molecule has 1 aromatic carbocycles. The fraction of sp³-hybridized carbons (Fsp3) is 0.0909. The van der Waals surface area contributed by atoms with Crippen molar-refractivity contribution in [1.29, 1.82) is 5.26 Å². The van der Waals surface area contributed by atoms with E-state index in [4.69, 9.17) is 9.68 Å². The summed E-state index contributed by atoms with van der Waals surface area (Å²) in [4.78, 5) is 11.3. The fourth-order valence-electron chi connectivity index (χ4n) is 1.34. The SMILES string of the molecule is CNc1ccc2cc(C#N)c(=O)oc2c1. The summed E-state index contributed by atoms with van der Waals surface area (Å²) in [6, 6.07) is 8.69. The molecule has 0 radical (unpaired) electrons. The lowest BCUT2D eigenvalue weighted by molar-refractivity contribution is 0.558. The molecule has 74 valence electrons. The Kier molecular flexibility index (Phi) is 2.14. The minimum Gasteiger partial charge on any atom is -0.422 e. The molecular formula is C11H8N2O2. The summed E-state index contributed by atoms with van der Waals surface area (Å²) in [5.41, 5.74) is 0.763. The van der Waals surface area contributed by atoms with Crippen molar-refractivity contribution in [2.45, 2.75) is 0 Å². The number of hydrogen-bond acceptors (Lipinski definition) is 4. The molecule has 4 heteroatoms. The van der Waals surface area contributed by atoms with E-state index in [0.717, 1.165) is 11.1 Å². The molecule has 0 saturated carbocycles. The summed E-state index contributed by atoms with van der Waals surface area (Å²) in [6.07, 6.45) is 0. The van der Waals surface area contributed by atoms with Gasteiger partial charge in [0.25, 0.3) is 0 Å². The van der Waals surface area contributed by atoms with Crippen LogP contribution in [-0.2, 0) is 0 Å². The summed E-state index contributed by atoms with van der Waals surface area (Å²) >= 11 is 0. The standard InChI is InChI=1S/C11H8N2O2/c1-13-9-3-2-7-4-8(6-12)11(14)15-10(7)5-9/h2-5,13H,1H3. The maximum atomic E-state index is 11.3. The molecule has 0 unspecified atom stereocenters. The van der Waals surface area contributed by atoms with Gasteiger partial charge in [0.05, 0.1) is 0 Å². The largest absolute Gasteiger partial charge is 0.422 e. The minimum atomic E-state index is -0.599. The highest BCUT2D eigenvalue weighted by atomic mass is 16.4. The van der Waals surface area contributed by atoms with Crippen molar-refractivity contribution in [1.82, 2.24) is 0 Å². The van der Waals surface area contributed by atoms with E-state index in [0.29, 0.717) is 5.58 Å². The predicted octanol–water partition coefficient (Wildman–Crippen LogP) is 1.71. The molecule has 0 aliphatic rings. The summed E-state index contributed by atoms with van der Waals surface area (Å²) in [5, 5.41) is 12.3. The summed E-state index contributed by atoms with van der Waals surface area (Å²) in [5.74, 6) is 0. The number of nitrogens with zero attached hydrogens (tertiary/aromatic N) is 1. The molecule has 1 heterocycles. The molecule has 0 fully saturated rings. The molecule has 0 atom stereocenters. The highest BCUT2D eigenvalue weighted by molar-refractivity contribution is 5.81. The Morgan fingerprint density at radius 1 is 1.40 bits per heavy atom. The van der Waals surface area contributed by atoms with Crippen LogP contribution in [0.4, 0.5) is 5.69 Å². The highest BCUT2D eigenvalue weighted by Crippen LogP contribution is 2.17. The Hall–Kier alpha value is -2.28. The van der Waals surface area contributed by atoms with Crippen LogP contribution in [0.15, 0.2) is 33.5 Å². The molecular weight excluding hydrogens is 192 g/mol. The molecule has 0 spiro atoms. The van der Waals surface area contributed by atoms with E-state index in [-0.39, 0.29) is 5.56 Å². The van der Waals surface area contributed by atoms with Crippen molar-refractivity contribution < 1.29 is 4.42 Å². The molecule has 0 bridgehead atoms. The Morgan fingerprint density at radius 3 is 2.87 bits per heavy atom. The molecule has 0 amide bonds. The average Bonchev–Trinajstić information content (AvgIpc) is 2.27. The zero-order valence-electron chi connectivity index (χ0n) is 8.07. The van der Waals surface area contributed by atoms with Gasteiger partial charge in [0, 0.05) is 24.2 Å². The van der Waals surface area contributed by atoms with Crippen LogP contribution in [0.5, 0.6) is 0 Å². The normalized spacial score (nSPS) is 9.87. The smallest absolute Gasteiger partial charge is 0.354 e. The lowest BCUT2D eigenvalue weighted by atomic mass is 10.2. The second-order valence-corrected chi connectivity index (χ2v) is 3.06. The van der Waals surface area contributed by atoms with Crippen molar-refractivity contribution in [3.05, 3.63) is 40.2 Å². The van der Waals surface area contributed by atoms with E-state index < -0.39 is 5.63 Å². The molecule has 1 N–H and O–H groups in total. The van der Waals surface area contributed by atoms with E-state index in [1.54, 1.807) is 25.2 Å². The van der Waals surface area contributed by atoms with Gasteiger partial charge in [0.15, 0.2) is 0 Å². The molecule has 2 aromatic rings. The lowest BCUT2D eigenvalue weighted by Crippen LogP contribution is -2.03. The van der Waals surface area contributed by atoms with Crippen LogP contribution in [0.25, 0.3) is 11.0 Å². The van der Waals surface area contributed by atoms with E-state index in [2.05, 4.69) is 5.32 Å². The van der Waals surface area contributed by atoms with Crippen LogP contribution in [0.3, 0.4) is 0 Å². The topological polar surface area (TPSA) is 66.0 Å². The van der Waals surface area contributed by atoms with E-state index in [9.17, 15) is 4.79 Å².